The van der Waals surface area contributed by atoms with E-state index in [2.05, 4.69) is 41.6 Å². The van der Waals surface area contributed by atoms with Crippen molar-refractivity contribution in [2.75, 3.05) is 12.4 Å². The van der Waals surface area contributed by atoms with Crippen LogP contribution >= 0.6 is 15.9 Å². The van der Waals surface area contributed by atoms with Gasteiger partial charge in [-0.1, -0.05) is 33.3 Å². The van der Waals surface area contributed by atoms with Gasteiger partial charge < -0.3 is 10.1 Å². The van der Waals surface area contributed by atoms with Crippen LogP contribution in [0.25, 0.3) is 5.69 Å². The minimum absolute atomic E-state index is 0.253. The summed E-state index contributed by atoms with van der Waals surface area (Å²) in [6.45, 7) is 0.340. The first kappa shape index (κ1) is 20.1. The van der Waals surface area contributed by atoms with Crippen LogP contribution in [-0.4, -0.2) is 34.1 Å². The molecular weight excluding hydrogens is 450 g/mol. The zero-order valence-electron chi connectivity index (χ0n) is 16.3. The van der Waals surface area contributed by atoms with Crippen LogP contribution in [0.2, 0.25) is 0 Å². The highest BCUT2D eigenvalue weighted by Gasteiger charge is 2.34. The van der Waals surface area contributed by atoms with E-state index in [0.717, 1.165) is 34.3 Å². The van der Waals surface area contributed by atoms with E-state index in [1.54, 1.807) is 16.8 Å². The molecule has 0 bridgehead atoms. The quantitative estimate of drug-likeness (QED) is 0.567. The second-order valence-corrected chi connectivity index (χ2v) is 7.90. The van der Waals surface area contributed by atoms with Crippen molar-refractivity contribution in [2.45, 2.75) is 25.3 Å². The summed E-state index contributed by atoms with van der Waals surface area (Å²) in [5.74, 6) is 0.0464. The van der Waals surface area contributed by atoms with E-state index in [4.69, 9.17) is 0 Å². The van der Waals surface area contributed by atoms with Crippen molar-refractivity contribution < 1.29 is 14.3 Å². The Kier molecular flexibility index (Phi) is 5.80. The Labute approximate surface area is 181 Å². The summed E-state index contributed by atoms with van der Waals surface area (Å²) in [5, 5.41) is 13.9. The number of anilines is 1. The maximum absolute atomic E-state index is 12.8. The molecule has 30 heavy (non-hydrogen) atoms. The third kappa shape index (κ3) is 4.51. The zero-order valence-corrected chi connectivity index (χ0v) is 17.8. The number of hydrogen-bond acceptors (Lipinski definition) is 5. The van der Waals surface area contributed by atoms with E-state index in [1.165, 1.54) is 7.11 Å². The molecule has 154 valence electrons. The molecule has 2 amide bonds. The van der Waals surface area contributed by atoms with Crippen LogP contribution in [0.4, 0.5) is 10.5 Å². The van der Waals surface area contributed by atoms with Gasteiger partial charge in [0.25, 0.3) is 5.91 Å². The summed E-state index contributed by atoms with van der Waals surface area (Å²) in [5.41, 5.74) is 3.61. The first-order chi connectivity index (χ1) is 14.5. The number of ether oxygens (including phenoxy) is 1. The van der Waals surface area contributed by atoms with E-state index in [1.807, 2.05) is 36.4 Å². The van der Waals surface area contributed by atoms with Gasteiger partial charge >= 0.3 is 6.09 Å². The average molecular weight is 470 g/mol. The summed E-state index contributed by atoms with van der Waals surface area (Å²) in [6, 6.07) is 14.9. The van der Waals surface area contributed by atoms with Gasteiger partial charge in [-0.2, -0.15) is 0 Å². The van der Waals surface area contributed by atoms with Crippen molar-refractivity contribution in [1.29, 1.82) is 0 Å². The largest absolute Gasteiger partial charge is 0.453 e. The highest BCUT2D eigenvalue weighted by Crippen LogP contribution is 2.42. The van der Waals surface area contributed by atoms with Crippen molar-refractivity contribution in [3.05, 3.63) is 70.0 Å². The summed E-state index contributed by atoms with van der Waals surface area (Å²) in [4.78, 5) is 24.1. The fourth-order valence-corrected chi connectivity index (χ4v) is 3.35. The molecule has 1 heterocycles. The van der Waals surface area contributed by atoms with Gasteiger partial charge in [-0.05, 0) is 54.8 Å². The summed E-state index contributed by atoms with van der Waals surface area (Å²) >= 11 is 3.43. The Morgan fingerprint density at radius 2 is 1.83 bits per heavy atom. The molecule has 1 aliphatic rings. The molecule has 9 heteroatoms. The predicted octanol–water partition coefficient (Wildman–Crippen LogP) is 4.02. The topological polar surface area (TPSA) is 98.1 Å². The number of amides is 2. The molecule has 4 rings (SSSR count). The second-order valence-electron chi connectivity index (χ2n) is 6.98. The summed E-state index contributed by atoms with van der Waals surface area (Å²) in [6.07, 6.45) is 1.52. The number of rotatable bonds is 6. The number of benzene rings is 2. The predicted molar refractivity (Wildman–Crippen MR) is 115 cm³/mol. The second kappa shape index (κ2) is 8.66. The lowest BCUT2D eigenvalue weighted by Gasteiger charge is -2.09. The van der Waals surface area contributed by atoms with Gasteiger partial charge in [0.1, 0.15) is 0 Å². The van der Waals surface area contributed by atoms with Crippen LogP contribution in [0, 0.1) is 0 Å². The molecule has 0 spiro atoms. The standard InChI is InChI=1S/C21H20BrN5O3/c1-30-21(29)24-16-8-2-13(3-9-16)12-23-20(28)18-19(14-4-5-14)27(26-25-18)17-10-6-15(22)7-11-17/h2-3,6-11,14H,4-5,12H2,1H3,(H,23,28)(H,24,29). The third-order valence-electron chi connectivity index (χ3n) is 4.79. The minimum Gasteiger partial charge on any atom is -0.453 e. The lowest BCUT2D eigenvalue weighted by Crippen LogP contribution is -2.24. The molecule has 1 saturated carbocycles. The number of halogens is 1. The van der Waals surface area contributed by atoms with Crippen molar-refractivity contribution in [3.63, 3.8) is 0 Å². The van der Waals surface area contributed by atoms with Crippen LogP contribution < -0.4 is 10.6 Å². The van der Waals surface area contributed by atoms with Crippen molar-refractivity contribution in [1.82, 2.24) is 20.3 Å². The number of aromatic nitrogens is 3. The molecule has 0 aliphatic heterocycles. The highest BCUT2D eigenvalue weighted by atomic mass is 79.9. The fraction of sp³-hybridized carbons (Fsp3) is 0.238. The lowest BCUT2D eigenvalue weighted by atomic mass is 10.2. The van der Waals surface area contributed by atoms with Gasteiger partial charge in [0.15, 0.2) is 5.69 Å². The van der Waals surface area contributed by atoms with E-state index in [0.29, 0.717) is 23.8 Å². The smallest absolute Gasteiger partial charge is 0.411 e. The Morgan fingerprint density at radius 3 is 2.47 bits per heavy atom. The van der Waals surface area contributed by atoms with Crippen LogP contribution in [0.15, 0.2) is 53.0 Å². The van der Waals surface area contributed by atoms with E-state index in [9.17, 15) is 9.59 Å². The maximum Gasteiger partial charge on any atom is 0.411 e. The highest BCUT2D eigenvalue weighted by molar-refractivity contribution is 9.10. The first-order valence-corrected chi connectivity index (χ1v) is 10.3. The maximum atomic E-state index is 12.8. The molecule has 0 atom stereocenters. The first-order valence-electron chi connectivity index (χ1n) is 9.49. The van der Waals surface area contributed by atoms with Crippen molar-refractivity contribution in [3.8, 4) is 5.69 Å². The SMILES string of the molecule is COC(=O)Nc1ccc(CNC(=O)c2nnn(-c3ccc(Br)cc3)c2C2CC2)cc1. The van der Waals surface area contributed by atoms with E-state index >= 15 is 0 Å². The molecular formula is C21H20BrN5O3. The zero-order chi connectivity index (χ0) is 21.1. The van der Waals surface area contributed by atoms with Crippen LogP contribution in [0.3, 0.4) is 0 Å². The number of methoxy groups -OCH3 is 1. The van der Waals surface area contributed by atoms with Crippen LogP contribution in [0.1, 0.15) is 40.5 Å². The van der Waals surface area contributed by atoms with Crippen molar-refractivity contribution in [2.24, 2.45) is 0 Å². The number of carbonyl (C=O) groups is 2. The molecule has 2 N–H and O–H groups in total. The van der Waals surface area contributed by atoms with Gasteiger partial charge in [-0.3, -0.25) is 10.1 Å². The number of hydrogen-bond donors (Lipinski definition) is 2. The molecule has 0 saturated heterocycles. The van der Waals surface area contributed by atoms with Gasteiger partial charge in [0, 0.05) is 22.6 Å². The number of nitrogens with one attached hydrogen (secondary N) is 2. The van der Waals surface area contributed by atoms with Gasteiger partial charge in [-0.25, -0.2) is 9.48 Å². The molecule has 3 aromatic rings. The number of carbonyl (C=O) groups excluding carboxylic acids is 2. The Morgan fingerprint density at radius 1 is 1.13 bits per heavy atom. The Bertz CT molecular complexity index is 1060. The van der Waals surface area contributed by atoms with Crippen LogP contribution in [-0.2, 0) is 11.3 Å². The fourth-order valence-electron chi connectivity index (χ4n) is 3.09. The van der Waals surface area contributed by atoms with Gasteiger partial charge in [-0.15, -0.1) is 5.10 Å². The molecule has 0 radical (unpaired) electrons. The Hall–Kier alpha value is -3.20. The molecule has 1 aliphatic carbocycles. The van der Waals surface area contributed by atoms with E-state index < -0.39 is 6.09 Å². The molecule has 2 aromatic carbocycles. The number of nitrogens with zero attached hydrogens (tertiary/aromatic N) is 3. The molecule has 0 unspecified atom stereocenters. The van der Waals surface area contributed by atoms with Gasteiger partial charge in [0.2, 0.25) is 0 Å². The lowest BCUT2D eigenvalue weighted by molar-refractivity contribution is 0.0944. The van der Waals surface area contributed by atoms with Crippen LogP contribution in [0.5, 0.6) is 0 Å². The normalized spacial score (nSPS) is 13.0. The monoisotopic (exact) mass is 469 g/mol. The Balaban J connectivity index is 1.46. The van der Waals surface area contributed by atoms with Gasteiger partial charge in [0.05, 0.1) is 18.5 Å². The molecule has 1 aromatic heterocycles. The summed E-state index contributed by atoms with van der Waals surface area (Å²) < 4.78 is 7.30. The van der Waals surface area contributed by atoms with Crippen molar-refractivity contribution >= 4 is 33.6 Å². The van der Waals surface area contributed by atoms with E-state index in [-0.39, 0.29) is 5.91 Å². The molecule has 8 nitrogen and oxygen atoms in total. The minimum atomic E-state index is -0.530. The molecule has 1 fully saturated rings. The average Bonchev–Trinajstić information content (AvgIpc) is 3.51. The summed E-state index contributed by atoms with van der Waals surface area (Å²) in [7, 11) is 1.31. The third-order valence-corrected chi connectivity index (χ3v) is 5.32.